The number of aromatic nitrogens is 5. The molecule has 103 heavy (non-hydrogen) atoms. The molecule has 2 aliphatic rings. The van der Waals surface area contributed by atoms with Gasteiger partial charge in [0.25, 0.3) is 5.91 Å². The largest absolute Gasteiger partial charge is 0.477 e. The van der Waals surface area contributed by atoms with Crippen LogP contribution in [-0.4, -0.2) is 124 Å². The highest BCUT2D eigenvalue weighted by molar-refractivity contribution is 7.16. The van der Waals surface area contributed by atoms with Crippen LogP contribution < -0.4 is 27.4 Å². The minimum atomic E-state index is -1.41. The molecule has 2 aliphatic heterocycles. The van der Waals surface area contributed by atoms with E-state index in [1.54, 1.807) is 88.2 Å². The number of carboxylic acid groups (broad SMARTS) is 1. The quantitative estimate of drug-likeness (QED) is 0.0441. The van der Waals surface area contributed by atoms with Gasteiger partial charge in [-0.15, -0.1) is 45.3 Å². The maximum Gasteiger partial charge on any atom is 0.413 e. The van der Waals surface area contributed by atoms with E-state index in [0.29, 0.717) is 53.8 Å². The summed E-state index contributed by atoms with van der Waals surface area (Å²) in [4.78, 5) is 101. The number of benzene rings is 4. The van der Waals surface area contributed by atoms with Gasteiger partial charge in [0, 0.05) is 109 Å². The molecule has 0 saturated heterocycles. The number of nitrogens with zero attached hydrogens (tertiary/aromatic N) is 9. The number of hydrogen-bond donors (Lipinski definition) is 7. The van der Waals surface area contributed by atoms with Gasteiger partial charge in [-0.25, -0.2) is 66.9 Å². The van der Waals surface area contributed by atoms with Crippen LogP contribution in [0.4, 0.5) is 52.8 Å². The maximum atomic E-state index is 13.4. The number of anilines is 5. The Morgan fingerprint density at radius 3 is 1.46 bits per heavy atom. The second-order valence-electron chi connectivity index (χ2n) is 24.0. The number of thiazole rings is 5. The number of ether oxygens (including phenoxy) is 2. The average Bonchev–Trinajstić information content (AvgIpc) is 1.74. The minimum Gasteiger partial charge on any atom is -0.477 e. The summed E-state index contributed by atoms with van der Waals surface area (Å²) in [5, 5.41) is 42.8. The molecule has 25 nitrogen and oxygen atoms in total. The lowest BCUT2D eigenvalue weighted by molar-refractivity contribution is -0.132. The summed E-state index contributed by atoms with van der Waals surface area (Å²) in [6.07, 6.45) is 8.13. The van der Waals surface area contributed by atoms with Crippen molar-refractivity contribution in [2.75, 3.05) is 41.5 Å². The van der Waals surface area contributed by atoms with E-state index in [2.05, 4.69) is 51.1 Å². The standard InChI is InChI=1S/C17H17FN4O2S.C16H19FN2O3S.C11H11FN2S.C8H7FO.C8H12N2O2S.C6H8N2O3.C3H4N2S/c1-10(11-4-3-5-12(18)8-11)14-9-19-17(25-14)20-16(24)13-6-7-15(23)22(2)21-13;1-15(2,3)22-14(20)19-13-18-9-12(23-13)16(4,21)10-6-5-7-11(17)8-10;1-7(10-6-14-11(13)15-10)8-3-2-4-9(12)5-8;1-6(10)7-3-2-4-8(9)5-7;1-8(2,3)12-7(11)10-6-9-4-5-13-6;1-8-5(9)3-2-4(7-8)6(10)11;4-3-5-1-2-6-3/h3-5,8-10H,6-7H2,1-2H3,(H,19,20,24);5-9,21H,1-4H3,(H,18,19,20);2-7H,1H3,(H2,13,14);2-5H,1H3;4-5H,1-3H3,(H,9,10,11);2-3H2,1H3,(H,10,11);1-2H,(H2,4,5). The van der Waals surface area contributed by atoms with Crippen molar-refractivity contribution in [1.82, 2.24) is 34.9 Å². The lowest BCUT2D eigenvalue weighted by atomic mass is 9.95. The van der Waals surface area contributed by atoms with Gasteiger partial charge in [0.05, 0.1) is 4.88 Å². The van der Waals surface area contributed by atoms with Crippen LogP contribution in [0.2, 0.25) is 0 Å². The topological polar surface area (TPSA) is 362 Å². The van der Waals surface area contributed by atoms with Crippen LogP contribution in [0.1, 0.15) is 148 Å². The van der Waals surface area contributed by atoms with Crippen molar-refractivity contribution in [3.63, 3.8) is 0 Å². The fraction of sp³-hybridized carbons (Fsp3) is 0.304. The Morgan fingerprint density at radius 1 is 0.553 bits per heavy atom. The molecule has 4 aromatic carbocycles. The van der Waals surface area contributed by atoms with Crippen molar-refractivity contribution >= 4 is 135 Å². The van der Waals surface area contributed by atoms with Crippen LogP contribution >= 0.6 is 56.7 Å². The van der Waals surface area contributed by atoms with Crippen LogP contribution in [0.3, 0.4) is 0 Å². The van der Waals surface area contributed by atoms with Crippen LogP contribution in [0.5, 0.6) is 0 Å². The Labute approximate surface area is 611 Å². The van der Waals surface area contributed by atoms with E-state index < -0.39 is 40.8 Å². The first-order valence-corrected chi connectivity index (χ1v) is 35.2. The first kappa shape index (κ1) is 83.4. The molecule has 34 heteroatoms. The molecule has 0 fully saturated rings. The van der Waals surface area contributed by atoms with E-state index >= 15 is 0 Å². The lowest BCUT2D eigenvalue weighted by Crippen LogP contribution is -2.34. The fourth-order valence-corrected chi connectivity index (χ4v) is 11.7. The molecule has 11 rings (SSSR count). The monoisotopic (exact) mass is 1510 g/mol. The number of rotatable bonds is 12. The van der Waals surface area contributed by atoms with E-state index in [4.69, 9.17) is 26.0 Å². The number of aliphatic carboxylic acids is 1. The molecule has 3 unspecified atom stereocenters. The summed E-state index contributed by atoms with van der Waals surface area (Å²) >= 11 is 6.67. The molecule has 5 amide bonds. The van der Waals surface area contributed by atoms with Gasteiger partial charge in [-0.3, -0.25) is 35.1 Å². The number of carbonyl (C=O) groups excluding carboxylic acids is 6. The Kier molecular flexibility index (Phi) is 31.8. The molecule has 7 heterocycles. The van der Waals surface area contributed by atoms with Crippen LogP contribution in [0.25, 0.3) is 0 Å². The second kappa shape index (κ2) is 39.2. The number of ketones is 1. The van der Waals surface area contributed by atoms with Crippen molar-refractivity contribution in [2.45, 2.75) is 124 Å². The smallest absolute Gasteiger partial charge is 0.413 e. The Balaban J connectivity index is 0.000000225. The zero-order valence-electron chi connectivity index (χ0n) is 58.1. The molecule has 0 radical (unpaired) electrons. The highest BCUT2D eigenvalue weighted by Crippen LogP contribution is 2.36. The van der Waals surface area contributed by atoms with Gasteiger partial charge < -0.3 is 31.2 Å². The summed E-state index contributed by atoms with van der Waals surface area (Å²) in [5.41, 5.74) is 11.2. The highest BCUT2D eigenvalue weighted by atomic mass is 32.1. The number of nitrogens with one attached hydrogen (secondary N) is 3. The number of amides is 5. The SMILES string of the molecule is CC(=O)c1cccc(F)c1.CC(C)(C)OC(=O)Nc1ncc(C(C)(O)c2cccc(F)c2)s1.CC(C)(C)OC(=O)Nc1nccs1.CC(c1cccc(F)c1)c1cnc(N)s1.CC(c1cccc(F)c1)c1cnc(NC(=O)C2=NN(C)C(=O)CC2)s1.CN1N=C(C(=O)O)CCC1=O.Nc1nccs1. The predicted molar refractivity (Wildman–Crippen MR) is 394 cm³/mol. The van der Waals surface area contributed by atoms with Crippen LogP contribution in [0, 0.1) is 23.3 Å². The first-order chi connectivity index (χ1) is 48.4. The van der Waals surface area contributed by atoms with Crippen molar-refractivity contribution in [3.8, 4) is 0 Å². The third-order valence-electron chi connectivity index (χ3n) is 13.5. The van der Waals surface area contributed by atoms with Crippen molar-refractivity contribution in [3.05, 3.63) is 199 Å². The number of carbonyl (C=O) groups is 7. The van der Waals surface area contributed by atoms with Gasteiger partial charge in [-0.05, 0) is 121 Å². The molecule has 9 N–H and O–H groups in total. The van der Waals surface area contributed by atoms with Crippen molar-refractivity contribution in [1.29, 1.82) is 0 Å². The fourth-order valence-electron chi connectivity index (χ4n) is 8.25. The maximum absolute atomic E-state index is 13.4. The van der Waals surface area contributed by atoms with E-state index in [-0.39, 0.29) is 77.8 Å². The molecule has 0 bridgehead atoms. The van der Waals surface area contributed by atoms with E-state index in [0.717, 1.165) is 37.2 Å². The van der Waals surface area contributed by atoms with Gasteiger partial charge in [0.1, 0.15) is 51.5 Å². The molecule has 548 valence electrons. The Morgan fingerprint density at radius 2 is 1.02 bits per heavy atom. The summed E-state index contributed by atoms with van der Waals surface area (Å²) in [6, 6.07) is 24.4. The summed E-state index contributed by atoms with van der Waals surface area (Å²) in [7, 11) is 2.97. The number of aliphatic hydroxyl groups is 1. The van der Waals surface area contributed by atoms with E-state index in [1.165, 1.54) is 132 Å². The molecule has 0 spiro atoms. The number of nitrogens with two attached hydrogens (primary N) is 2. The average molecular weight is 1520 g/mol. The normalized spacial score (nSPS) is 13.6. The van der Waals surface area contributed by atoms with E-state index in [1.807, 2.05) is 52.1 Å². The van der Waals surface area contributed by atoms with Crippen LogP contribution in [-0.2, 0) is 34.3 Å². The summed E-state index contributed by atoms with van der Waals surface area (Å²) in [6.45, 7) is 17.7. The molecule has 0 aliphatic carbocycles. The molecular formula is C69H78F4N14O11S5. The van der Waals surface area contributed by atoms with Gasteiger partial charge in [0.15, 0.2) is 31.4 Å². The molecule has 9 aromatic rings. The van der Waals surface area contributed by atoms with Gasteiger partial charge in [-0.2, -0.15) is 10.2 Å². The number of Topliss-reactive ketones (excluding diaryl/α,β-unsaturated/α-hetero) is 1. The van der Waals surface area contributed by atoms with E-state index in [9.17, 15) is 56.2 Å². The molecule has 5 aromatic heterocycles. The summed E-state index contributed by atoms with van der Waals surface area (Å²) in [5.74, 6) is -2.97. The van der Waals surface area contributed by atoms with Gasteiger partial charge in [-0.1, -0.05) is 73.7 Å². The Hall–Kier alpha value is -10.3. The first-order valence-electron chi connectivity index (χ1n) is 31.0. The zero-order valence-corrected chi connectivity index (χ0v) is 62.1. The lowest BCUT2D eigenvalue weighted by Gasteiger charge is -2.22. The number of nitrogen functional groups attached to an aromatic ring is 2. The predicted octanol–water partition coefficient (Wildman–Crippen LogP) is 14.8. The van der Waals surface area contributed by atoms with Crippen molar-refractivity contribution < 1.29 is 70.8 Å². The van der Waals surface area contributed by atoms with Gasteiger partial charge >= 0.3 is 18.2 Å². The van der Waals surface area contributed by atoms with Crippen molar-refractivity contribution in [2.24, 2.45) is 10.2 Å². The Bertz CT molecular complexity index is 4370. The number of hydrazone groups is 2. The highest BCUT2D eigenvalue weighted by Gasteiger charge is 2.30. The number of halogens is 4. The molecule has 0 saturated carbocycles. The second-order valence-corrected chi connectivity index (χ2v) is 29.1. The molecular weight excluding hydrogens is 1440 g/mol. The summed E-state index contributed by atoms with van der Waals surface area (Å²) < 4.78 is 62.3. The molecule has 3 atom stereocenters. The minimum absolute atomic E-state index is 0.0328. The van der Waals surface area contributed by atoms with Crippen LogP contribution in [0.15, 0.2) is 149 Å². The van der Waals surface area contributed by atoms with Gasteiger partial charge in [0.2, 0.25) is 11.8 Å². The third-order valence-corrected chi connectivity index (χ3v) is 18.0. The number of hydrogen-bond acceptors (Lipinski definition) is 24. The number of carboxylic acids is 1. The third kappa shape index (κ3) is 29.3. The zero-order chi connectivity index (χ0) is 76.4.